The molecule has 0 radical (unpaired) electrons. The molecule has 0 unspecified atom stereocenters. The van der Waals surface area contributed by atoms with Crippen LogP contribution in [0.15, 0.2) is 64.3 Å². The summed E-state index contributed by atoms with van der Waals surface area (Å²) in [7, 11) is 0. The molecule has 10 heteroatoms. The van der Waals surface area contributed by atoms with Crippen molar-refractivity contribution in [3.63, 3.8) is 0 Å². The first-order valence-electron chi connectivity index (χ1n) is 10.4. The number of aryl methyl sites for hydroxylation is 1. The number of ether oxygens (including phenoxy) is 1. The Morgan fingerprint density at radius 1 is 1.12 bits per heavy atom. The molecule has 0 saturated carbocycles. The summed E-state index contributed by atoms with van der Waals surface area (Å²) in [6.45, 7) is 3.64. The number of thiazole rings is 1. The number of aromatic nitrogens is 5. The van der Waals surface area contributed by atoms with Gasteiger partial charge in [0.25, 0.3) is 11.1 Å². The molecule has 0 aliphatic rings. The largest absolute Gasteiger partial charge is 0.491 e. The number of benzene rings is 2. The zero-order valence-corrected chi connectivity index (χ0v) is 19.0. The molecule has 0 bridgehead atoms. The van der Waals surface area contributed by atoms with Crippen LogP contribution < -0.4 is 20.4 Å². The van der Waals surface area contributed by atoms with Crippen molar-refractivity contribution < 1.29 is 9.13 Å². The average molecular weight is 476 g/mol. The van der Waals surface area contributed by atoms with Crippen LogP contribution in [0.25, 0.3) is 28.0 Å². The minimum atomic E-state index is -0.506. The van der Waals surface area contributed by atoms with E-state index >= 15 is 0 Å². The van der Waals surface area contributed by atoms with Crippen molar-refractivity contribution >= 4 is 22.4 Å². The van der Waals surface area contributed by atoms with Gasteiger partial charge in [-0.1, -0.05) is 29.5 Å². The third-order valence-electron chi connectivity index (χ3n) is 5.10. The summed E-state index contributed by atoms with van der Waals surface area (Å²) in [6.07, 6.45) is 3.41. The molecule has 5 rings (SSSR count). The molecule has 0 amide bonds. The second-order valence-electron chi connectivity index (χ2n) is 7.40. The van der Waals surface area contributed by atoms with Crippen LogP contribution in [-0.2, 0) is 0 Å². The Bertz CT molecular complexity index is 1690. The number of rotatable bonds is 5. The molecule has 3 aromatic heterocycles. The zero-order valence-electron chi connectivity index (χ0n) is 18.2. The average Bonchev–Trinajstić information content (AvgIpc) is 3.38. The molecule has 0 atom stereocenters. The predicted molar refractivity (Wildman–Crippen MR) is 127 cm³/mol. The number of para-hydroxylation sites is 1. The summed E-state index contributed by atoms with van der Waals surface area (Å²) < 4.78 is 23.0. The van der Waals surface area contributed by atoms with Gasteiger partial charge in [-0.15, -0.1) is 0 Å². The molecule has 34 heavy (non-hydrogen) atoms. The Morgan fingerprint density at radius 3 is 2.65 bits per heavy atom. The van der Waals surface area contributed by atoms with Crippen molar-refractivity contribution in [3.05, 3.63) is 97.0 Å². The van der Waals surface area contributed by atoms with Crippen molar-refractivity contribution in [1.82, 2.24) is 24.4 Å². The second kappa shape index (κ2) is 8.64. The second-order valence-corrected chi connectivity index (χ2v) is 8.41. The molecule has 3 heterocycles. The molecular formula is C24H18FN5O3S. The van der Waals surface area contributed by atoms with E-state index in [2.05, 4.69) is 15.2 Å². The highest BCUT2D eigenvalue weighted by atomic mass is 32.1. The van der Waals surface area contributed by atoms with Gasteiger partial charge in [0.15, 0.2) is 11.6 Å². The SMILES string of the molecule is CCOc1ccc(-c2nn(-c3ccccc3)cc2/C=c2\sc3nc(=O)c(C)nn3c2=O)cc1F. The van der Waals surface area contributed by atoms with Crippen molar-refractivity contribution in [1.29, 1.82) is 0 Å². The Kier molecular flexibility index (Phi) is 5.50. The first kappa shape index (κ1) is 21.7. The van der Waals surface area contributed by atoms with E-state index in [1.54, 1.807) is 36.0 Å². The van der Waals surface area contributed by atoms with Crippen LogP contribution in [0.5, 0.6) is 5.75 Å². The lowest BCUT2D eigenvalue weighted by molar-refractivity contribution is 0.321. The van der Waals surface area contributed by atoms with Crippen LogP contribution in [-0.4, -0.2) is 31.0 Å². The van der Waals surface area contributed by atoms with Crippen molar-refractivity contribution in [2.75, 3.05) is 6.61 Å². The van der Waals surface area contributed by atoms with E-state index in [1.165, 1.54) is 13.0 Å². The minimum absolute atomic E-state index is 0.140. The van der Waals surface area contributed by atoms with E-state index in [0.29, 0.717) is 28.0 Å². The van der Waals surface area contributed by atoms with Crippen LogP contribution in [0.2, 0.25) is 0 Å². The topological polar surface area (TPSA) is 91.4 Å². The summed E-state index contributed by atoms with van der Waals surface area (Å²) in [6, 6.07) is 14.1. The zero-order chi connectivity index (χ0) is 23.8. The van der Waals surface area contributed by atoms with Crippen molar-refractivity contribution in [2.45, 2.75) is 13.8 Å². The number of hydrogen-bond acceptors (Lipinski definition) is 7. The van der Waals surface area contributed by atoms with Gasteiger partial charge in [-0.3, -0.25) is 9.59 Å². The first-order valence-corrected chi connectivity index (χ1v) is 11.3. The van der Waals surface area contributed by atoms with E-state index in [4.69, 9.17) is 4.74 Å². The lowest BCUT2D eigenvalue weighted by atomic mass is 10.1. The van der Waals surface area contributed by atoms with Crippen molar-refractivity contribution in [3.8, 4) is 22.7 Å². The van der Waals surface area contributed by atoms with E-state index in [-0.39, 0.29) is 16.4 Å². The fourth-order valence-corrected chi connectivity index (χ4v) is 4.37. The van der Waals surface area contributed by atoms with E-state index in [9.17, 15) is 14.0 Å². The molecule has 8 nitrogen and oxygen atoms in total. The van der Waals surface area contributed by atoms with E-state index < -0.39 is 16.9 Å². The normalized spacial score (nSPS) is 11.9. The lowest BCUT2D eigenvalue weighted by Crippen LogP contribution is -2.27. The highest BCUT2D eigenvalue weighted by molar-refractivity contribution is 7.15. The smallest absolute Gasteiger partial charge is 0.295 e. The summed E-state index contributed by atoms with van der Waals surface area (Å²) in [5.41, 5.74) is 1.67. The van der Waals surface area contributed by atoms with Gasteiger partial charge < -0.3 is 4.74 Å². The molecule has 0 aliphatic heterocycles. The number of hydrogen-bond donors (Lipinski definition) is 0. The first-order chi connectivity index (χ1) is 16.4. The third-order valence-corrected chi connectivity index (χ3v) is 6.06. The Morgan fingerprint density at radius 2 is 1.91 bits per heavy atom. The predicted octanol–water partition coefficient (Wildman–Crippen LogP) is 2.76. The van der Waals surface area contributed by atoms with Gasteiger partial charge in [0.05, 0.1) is 16.8 Å². The molecule has 0 fully saturated rings. The lowest BCUT2D eigenvalue weighted by Gasteiger charge is -2.06. The quantitative estimate of drug-likeness (QED) is 0.388. The van der Waals surface area contributed by atoms with Gasteiger partial charge in [-0.2, -0.15) is 19.7 Å². The highest BCUT2D eigenvalue weighted by Gasteiger charge is 2.15. The molecule has 170 valence electrons. The fraction of sp³-hybridized carbons (Fsp3) is 0.125. The summed E-state index contributed by atoms with van der Waals surface area (Å²) in [4.78, 5) is 28.9. The Balaban J connectivity index is 1.72. The Hall–Kier alpha value is -4.18. The van der Waals surface area contributed by atoms with Crippen molar-refractivity contribution in [2.24, 2.45) is 0 Å². The number of fused-ring (bicyclic) bond motifs is 1. The van der Waals surface area contributed by atoms with Crippen LogP contribution in [0.4, 0.5) is 4.39 Å². The standard InChI is InChI=1S/C24H18FN5O3S/c1-3-33-19-10-9-15(11-18(19)25)21-16(13-29(28-21)17-7-5-4-6-8-17)12-20-23(32)30-24(34-20)26-22(31)14(2)27-30/h4-13H,3H2,1-2H3/b20-12-. The number of nitrogens with zero attached hydrogens (tertiary/aromatic N) is 5. The maximum Gasteiger partial charge on any atom is 0.295 e. The molecule has 5 aromatic rings. The van der Waals surface area contributed by atoms with Gasteiger partial charge in [0.1, 0.15) is 11.4 Å². The molecule has 0 aliphatic carbocycles. The maximum absolute atomic E-state index is 14.6. The number of halogens is 1. The molecule has 0 spiro atoms. The van der Waals surface area contributed by atoms with Crippen LogP contribution in [0.3, 0.4) is 0 Å². The molecule has 0 N–H and O–H groups in total. The third kappa shape index (κ3) is 3.88. The van der Waals surface area contributed by atoms with Gasteiger partial charge >= 0.3 is 0 Å². The van der Waals surface area contributed by atoms with E-state index in [1.807, 2.05) is 30.3 Å². The molecule has 0 saturated heterocycles. The van der Waals surface area contributed by atoms with E-state index in [0.717, 1.165) is 21.5 Å². The van der Waals surface area contributed by atoms with Crippen LogP contribution in [0.1, 0.15) is 18.2 Å². The van der Waals surface area contributed by atoms with Gasteiger partial charge in [-0.25, -0.2) is 9.07 Å². The van der Waals surface area contributed by atoms with Gasteiger partial charge in [0.2, 0.25) is 4.96 Å². The van der Waals surface area contributed by atoms with Gasteiger partial charge in [-0.05, 0) is 50.3 Å². The molecular weight excluding hydrogens is 457 g/mol. The molecule has 2 aromatic carbocycles. The summed E-state index contributed by atoms with van der Waals surface area (Å²) in [5, 5.41) is 8.71. The Labute approximate surface area is 196 Å². The monoisotopic (exact) mass is 475 g/mol. The fourth-order valence-electron chi connectivity index (χ4n) is 3.48. The maximum atomic E-state index is 14.6. The van der Waals surface area contributed by atoms with Gasteiger partial charge in [0, 0.05) is 17.3 Å². The highest BCUT2D eigenvalue weighted by Crippen LogP contribution is 2.28. The summed E-state index contributed by atoms with van der Waals surface area (Å²) in [5.74, 6) is -0.351. The van der Waals surface area contributed by atoms with Crippen LogP contribution >= 0.6 is 11.3 Å². The summed E-state index contributed by atoms with van der Waals surface area (Å²) >= 11 is 1.05. The van der Waals surface area contributed by atoms with Crippen LogP contribution in [0, 0.1) is 12.7 Å². The minimum Gasteiger partial charge on any atom is -0.491 e.